The molecule has 138 valence electrons. The predicted molar refractivity (Wildman–Crippen MR) is 109 cm³/mol. The van der Waals surface area contributed by atoms with Gasteiger partial charge < -0.3 is 4.90 Å². The van der Waals surface area contributed by atoms with Crippen LogP contribution < -0.4 is 0 Å². The number of nitrogens with zero attached hydrogens (tertiary/aromatic N) is 2. The number of carbonyl (C=O) groups excluding carboxylic acids is 1. The summed E-state index contributed by atoms with van der Waals surface area (Å²) >= 11 is 8.03. The number of likely N-dealkylation sites (tertiary alicyclic amines) is 1. The van der Waals surface area contributed by atoms with Gasteiger partial charge >= 0.3 is 0 Å². The molecule has 3 nitrogen and oxygen atoms in total. The minimum Gasteiger partial charge on any atom is -0.334 e. The van der Waals surface area contributed by atoms with Crippen molar-refractivity contribution in [2.75, 3.05) is 6.54 Å². The summed E-state index contributed by atoms with van der Waals surface area (Å²) in [5, 5.41) is 0.795. The van der Waals surface area contributed by atoms with E-state index in [9.17, 15) is 4.79 Å². The number of rotatable bonds is 5. The SMILES string of the molecule is CCC1CCCCN1C(=O)c1cccc(CSc2cccc(C)c2Cl)n1. The predicted octanol–water partition coefficient (Wildman–Crippen LogP) is 5.74. The van der Waals surface area contributed by atoms with E-state index in [1.807, 2.05) is 48.2 Å². The van der Waals surface area contributed by atoms with Crippen LogP contribution in [0.2, 0.25) is 5.02 Å². The number of hydrogen-bond acceptors (Lipinski definition) is 3. The first-order chi connectivity index (χ1) is 12.6. The molecule has 1 unspecified atom stereocenters. The maximum absolute atomic E-state index is 12.9. The topological polar surface area (TPSA) is 33.2 Å². The van der Waals surface area contributed by atoms with E-state index in [4.69, 9.17) is 11.6 Å². The molecular formula is C21H25ClN2OS. The summed E-state index contributed by atoms with van der Waals surface area (Å²) in [6.07, 6.45) is 4.41. The largest absolute Gasteiger partial charge is 0.334 e. The second kappa shape index (κ2) is 8.92. The molecule has 0 bridgehead atoms. The summed E-state index contributed by atoms with van der Waals surface area (Å²) in [6, 6.07) is 12.1. The van der Waals surface area contributed by atoms with Gasteiger partial charge in [0.05, 0.1) is 10.7 Å². The van der Waals surface area contributed by atoms with Gasteiger partial charge in [-0.25, -0.2) is 4.98 Å². The van der Waals surface area contributed by atoms with Gasteiger partial charge in [-0.15, -0.1) is 11.8 Å². The molecule has 1 aliphatic rings. The molecule has 1 amide bonds. The van der Waals surface area contributed by atoms with Crippen LogP contribution in [-0.4, -0.2) is 28.4 Å². The number of aromatic nitrogens is 1. The highest BCUT2D eigenvalue weighted by Crippen LogP contribution is 2.31. The molecule has 0 N–H and O–H groups in total. The van der Waals surface area contributed by atoms with Crippen molar-refractivity contribution in [3.05, 3.63) is 58.4 Å². The lowest BCUT2D eigenvalue weighted by Gasteiger charge is -2.35. The second-order valence-electron chi connectivity index (χ2n) is 6.75. The van der Waals surface area contributed by atoms with E-state index in [1.54, 1.807) is 11.8 Å². The Labute approximate surface area is 165 Å². The number of hydrogen-bond donors (Lipinski definition) is 0. The number of thioether (sulfide) groups is 1. The smallest absolute Gasteiger partial charge is 0.272 e. The van der Waals surface area contributed by atoms with Gasteiger partial charge in [0.2, 0.25) is 0 Å². The molecular weight excluding hydrogens is 364 g/mol. The van der Waals surface area contributed by atoms with E-state index in [1.165, 1.54) is 6.42 Å². The van der Waals surface area contributed by atoms with E-state index in [2.05, 4.69) is 11.9 Å². The van der Waals surface area contributed by atoms with Gasteiger partial charge in [0, 0.05) is 23.2 Å². The molecule has 1 fully saturated rings. The Hall–Kier alpha value is -1.52. The summed E-state index contributed by atoms with van der Waals surface area (Å²) in [5.74, 6) is 0.763. The Bertz CT molecular complexity index is 780. The van der Waals surface area contributed by atoms with Crippen molar-refractivity contribution in [3.63, 3.8) is 0 Å². The van der Waals surface area contributed by atoms with Crippen LogP contribution in [0.1, 0.15) is 54.4 Å². The standard InChI is InChI=1S/C21H25ClN2OS/c1-3-17-10-4-5-13-24(17)21(25)18-11-7-9-16(23-18)14-26-19-12-6-8-15(2)20(19)22/h6-9,11-12,17H,3-5,10,13-14H2,1-2H3. The van der Waals surface area contributed by atoms with Crippen LogP contribution in [0.15, 0.2) is 41.3 Å². The molecule has 0 aliphatic carbocycles. The summed E-state index contributed by atoms with van der Waals surface area (Å²) in [6.45, 7) is 5.01. The first kappa shape index (κ1) is 19.2. The second-order valence-corrected chi connectivity index (χ2v) is 8.14. The number of aryl methyl sites for hydroxylation is 1. The van der Waals surface area contributed by atoms with Gasteiger partial charge in [-0.2, -0.15) is 0 Å². The minimum atomic E-state index is 0.0667. The fraction of sp³-hybridized carbons (Fsp3) is 0.429. The average molecular weight is 389 g/mol. The normalized spacial score (nSPS) is 17.3. The zero-order valence-electron chi connectivity index (χ0n) is 15.4. The number of amides is 1. The van der Waals surface area contributed by atoms with Crippen molar-refractivity contribution in [1.82, 2.24) is 9.88 Å². The number of benzene rings is 1. The number of piperidine rings is 1. The lowest BCUT2D eigenvalue weighted by Crippen LogP contribution is -2.43. The van der Waals surface area contributed by atoms with Crippen molar-refractivity contribution in [3.8, 4) is 0 Å². The van der Waals surface area contributed by atoms with Crippen LogP contribution in [0.5, 0.6) is 0 Å². The van der Waals surface area contributed by atoms with E-state index in [0.29, 0.717) is 17.5 Å². The molecule has 1 aromatic heterocycles. The lowest BCUT2D eigenvalue weighted by molar-refractivity contribution is 0.0601. The molecule has 2 aromatic rings. The zero-order chi connectivity index (χ0) is 18.5. The molecule has 2 heterocycles. The van der Waals surface area contributed by atoms with Gasteiger partial charge in [0.25, 0.3) is 5.91 Å². The van der Waals surface area contributed by atoms with Gasteiger partial charge in [0.1, 0.15) is 5.69 Å². The van der Waals surface area contributed by atoms with E-state index >= 15 is 0 Å². The van der Waals surface area contributed by atoms with Gasteiger partial charge in [0.15, 0.2) is 0 Å². The third kappa shape index (κ3) is 4.41. The fourth-order valence-electron chi connectivity index (χ4n) is 3.40. The number of halogens is 1. The molecule has 1 saturated heterocycles. The van der Waals surface area contributed by atoms with Crippen LogP contribution in [0.3, 0.4) is 0 Å². The van der Waals surface area contributed by atoms with Crippen molar-refractivity contribution in [2.45, 2.75) is 56.2 Å². The lowest BCUT2D eigenvalue weighted by atomic mass is 9.99. The number of pyridine rings is 1. The zero-order valence-corrected chi connectivity index (χ0v) is 16.9. The maximum atomic E-state index is 12.9. The molecule has 0 radical (unpaired) electrons. The fourth-order valence-corrected chi connectivity index (χ4v) is 4.62. The highest BCUT2D eigenvalue weighted by molar-refractivity contribution is 7.98. The quantitative estimate of drug-likeness (QED) is 0.612. The highest BCUT2D eigenvalue weighted by atomic mass is 35.5. The Morgan fingerprint density at radius 1 is 1.27 bits per heavy atom. The Morgan fingerprint density at radius 3 is 2.88 bits per heavy atom. The van der Waals surface area contributed by atoms with Crippen molar-refractivity contribution in [1.29, 1.82) is 0 Å². The minimum absolute atomic E-state index is 0.0667. The first-order valence-electron chi connectivity index (χ1n) is 9.25. The molecule has 1 atom stereocenters. The van der Waals surface area contributed by atoms with Crippen molar-refractivity contribution >= 4 is 29.3 Å². The molecule has 3 rings (SSSR count). The summed E-state index contributed by atoms with van der Waals surface area (Å²) in [4.78, 5) is 20.6. The van der Waals surface area contributed by atoms with Crippen LogP contribution in [0.4, 0.5) is 0 Å². The van der Waals surface area contributed by atoms with Crippen LogP contribution in [-0.2, 0) is 5.75 Å². The Balaban J connectivity index is 1.71. The van der Waals surface area contributed by atoms with Crippen molar-refractivity contribution < 1.29 is 4.79 Å². The summed E-state index contributed by atoms with van der Waals surface area (Å²) in [7, 11) is 0. The third-order valence-corrected chi connectivity index (χ3v) is 6.62. The van der Waals surface area contributed by atoms with Gasteiger partial charge in [-0.1, -0.05) is 36.7 Å². The molecule has 26 heavy (non-hydrogen) atoms. The van der Waals surface area contributed by atoms with E-state index in [-0.39, 0.29) is 5.91 Å². The first-order valence-corrected chi connectivity index (χ1v) is 10.6. The highest BCUT2D eigenvalue weighted by Gasteiger charge is 2.26. The average Bonchev–Trinajstić information content (AvgIpc) is 2.68. The molecule has 1 aromatic carbocycles. The Morgan fingerprint density at radius 2 is 2.08 bits per heavy atom. The van der Waals surface area contributed by atoms with E-state index in [0.717, 1.165) is 47.0 Å². The van der Waals surface area contributed by atoms with E-state index < -0.39 is 0 Å². The van der Waals surface area contributed by atoms with Crippen LogP contribution in [0.25, 0.3) is 0 Å². The van der Waals surface area contributed by atoms with Gasteiger partial charge in [-0.05, 0) is 56.4 Å². The van der Waals surface area contributed by atoms with Crippen LogP contribution >= 0.6 is 23.4 Å². The molecule has 0 spiro atoms. The third-order valence-electron chi connectivity index (χ3n) is 4.92. The molecule has 0 saturated carbocycles. The Kier molecular flexibility index (Phi) is 6.60. The summed E-state index contributed by atoms with van der Waals surface area (Å²) < 4.78 is 0. The van der Waals surface area contributed by atoms with Gasteiger partial charge in [-0.3, -0.25) is 4.79 Å². The van der Waals surface area contributed by atoms with Crippen molar-refractivity contribution in [2.24, 2.45) is 0 Å². The monoisotopic (exact) mass is 388 g/mol. The number of carbonyl (C=O) groups is 1. The maximum Gasteiger partial charge on any atom is 0.272 e. The molecule has 1 aliphatic heterocycles. The molecule has 5 heteroatoms. The van der Waals surface area contributed by atoms with Crippen LogP contribution in [0, 0.1) is 6.92 Å². The summed E-state index contributed by atoms with van der Waals surface area (Å²) in [5.41, 5.74) is 2.53.